The number of carbonyl (C=O) groups is 2. The van der Waals surface area contributed by atoms with E-state index in [2.05, 4.69) is 15.5 Å². The molecule has 1 heterocycles. The van der Waals surface area contributed by atoms with Crippen LogP contribution in [-0.2, 0) is 16.1 Å². The molecule has 0 atom stereocenters. The van der Waals surface area contributed by atoms with Crippen LogP contribution in [0.1, 0.15) is 15.9 Å². The molecule has 0 aliphatic heterocycles. The van der Waals surface area contributed by atoms with Crippen molar-refractivity contribution in [2.45, 2.75) is 6.61 Å². The van der Waals surface area contributed by atoms with E-state index in [1.165, 1.54) is 0 Å². The topological polar surface area (TPSA) is 104 Å². The van der Waals surface area contributed by atoms with E-state index in [1.54, 1.807) is 36.4 Å². The van der Waals surface area contributed by atoms with Crippen LogP contribution in [0.4, 0.5) is 6.01 Å². The standard InChI is InChI=1S/C24H19N3O5/c28-21(25-24-27-26-22(32-24)18-9-5-2-6-10-18)16-31-23(29)19-11-13-20(14-12-19)30-15-17-7-3-1-4-8-17/h1-14H,15-16H2,(H,25,27,28). The van der Waals surface area contributed by atoms with Crippen LogP contribution >= 0.6 is 0 Å². The van der Waals surface area contributed by atoms with Crippen molar-refractivity contribution in [3.05, 3.63) is 96.1 Å². The molecule has 4 rings (SSSR count). The highest BCUT2D eigenvalue weighted by molar-refractivity contribution is 5.94. The van der Waals surface area contributed by atoms with Crippen molar-refractivity contribution in [2.24, 2.45) is 0 Å². The van der Waals surface area contributed by atoms with Gasteiger partial charge >= 0.3 is 12.0 Å². The molecule has 1 amide bonds. The van der Waals surface area contributed by atoms with Gasteiger partial charge in [0.25, 0.3) is 5.91 Å². The van der Waals surface area contributed by atoms with Crippen molar-refractivity contribution in [3.63, 3.8) is 0 Å². The molecular weight excluding hydrogens is 410 g/mol. The molecule has 4 aromatic rings. The first-order valence-corrected chi connectivity index (χ1v) is 9.80. The van der Waals surface area contributed by atoms with Gasteiger partial charge in [-0.15, -0.1) is 5.10 Å². The summed E-state index contributed by atoms with van der Waals surface area (Å²) in [6.45, 7) is -0.0688. The van der Waals surface area contributed by atoms with Gasteiger partial charge in [0.1, 0.15) is 12.4 Å². The molecular formula is C24H19N3O5. The summed E-state index contributed by atoms with van der Waals surface area (Å²) >= 11 is 0. The van der Waals surface area contributed by atoms with E-state index in [0.29, 0.717) is 17.9 Å². The Kier molecular flexibility index (Phi) is 6.52. The second kappa shape index (κ2) is 10.0. The maximum Gasteiger partial charge on any atom is 0.338 e. The highest BCUT2D eigenvalue weighted by Crippen LogP contribution is 2.19. The van der Waals surface area contributed by atoms with E-state index in [-0.39, 0.29) is 11.9 Å². The minimum absolute atomic E-state index is 0.0789. The number of nitrogens with zero attached hydrogens (tertiary/aromatic N) is 2. The Morgan fingerprint density at radius 3 is 2.25 bits per heavy atom. The van der Waals surface area contributed by atoms with Crippen LogP contribution in [0, 0.1) is 0 Å². The molecule has 0 aliphatic carbocycles. The molecule has 0 bridgehead atoms. The molecule has 32 heavy (non-hydrogen) atoms. The summed E-state index contributed by atoms with van der Waals surface area (Å²) in [6.07, 6.45) is 0. The molecule has 3 aromatic carbocycles. The van der Waals surface area contributed by atoms with Crippen molar-refractivity contribution in [3.8, 4) is 17.2 Å². The van der Waals surface area contributed by atoms with Gasteiger partial charge in [0.2, 0.25) is 5.89 Å². The van der Waals surface area contributed by atoms with Crippen molar-refractivity contribution < 1.29 is 23.5 Å². The summed E-state index contributed by atoms with van der Waals surface area (Å²) in [6, 6.07) is 25.3. The first kappa shape index (κ1) is 20.8. The first-order chi connectivity index (χ1) is 15.7. The fraction of sp³-hybridized carbons (Fsp3) is 0.0833. The smallest absolute Gasteiger partial charge is 0.338 e. The quantitative estimate of drug-likeness (QED) is 0.420. The molecule has 8 heteroatoms. The van der Waals surface area contributed by atoms with Crippen LogP contribution in [0.15, 0.2) is 89.3 Å². The van der Waals surface area contributed by atoms with Crippen molar-refractivity contribution in [1.82, 2.24) is 10.2 Å². The summed E-state index contributed by atoms with van der Waals surface area (Å²) in [7, 11) is 0. The number of anilines is 1. The van der Waals surface area contributed by atoms with Gasteiger partial charge in [-0.3, -0.25) is 10.1 Å². The number of aromatic nitrogens is 2. The van der Waals surface area contributed by atoms with Gasteiger partial charge in [0, 0.05) is 5.56 Å². The van der Waals surface area contributed by atoms with E-state index in [9.17, 15) is 9.59 Å². The second-order valence-corrected chi connectivity index (χ2v) is 6.70. The largest absolute Gasteiger partial charge is 0.489 e. The average Bonchev–Trinajstić information content (AvgIpc) is 3.31. The maximum absolute atomic E-state index is 12.2. The Morgan fingerprint density at radius 1 is 0.844 bits per heavy atom. The number of carbonyl (C=O) groups excluding carboxylic acids is 2. The molecule has 8 nitrogen and oxygen atoms in total. The molecule has 1 N–H and O–H groups in total. The predicted molar refractivity (Wildman–Crippen MR) is 116 cm³/mol. The Balaban J connectivity index is 1.24. The fourth-order valence-corrected chi connectivity index (χ4v) is 2.77. The number of hydrogen-bond acceptors (Lipinski definition) is 7. The van der Waals surface area contributed by atoms with E-state index >= 15 is 0 Å². The van der Waals surface area contributed by atoms with E-state index in [1.807, 2.05) is 48.5 Å². The molecule has 0 spiro atoms. The first-order valence-electron chi connectivity index (χ1n) is 9.80. The van der Waals surface area contributed by atoms with Crippen molar-refractivity contribution in [1.29, 1.82) is 0 Å². The average molecular weight is 429 g/mol. The van der Waals surface area contributed by atoms with E-state index < -0.39 is 18.5 Å². The lowest BCUT2D eigenvalue weighted by Crippen LogP contribution is -2.21. The van der Waals surface area contributed by atoms with Gasteiger partial charge in [0.05, 0.1) is 5.56 Å². The maximum atomic E-state index is 12.2. The minimum atomic E-state index is -0.634. The summed E-state index contributed by atoms with van der Waals surface area (Å²) < 4.78 is 16.1. The van der Waals surface area contributed by atoms with Crippen molar-refractivity contribution >= 4 is 17.9 Å². The SMILES string of the molecule is O=C(COC(=O)c1ccc(OCc2ccccc2)cc1)Nc1nnc(-c2ccccc2)o1. The molecule has 0 fully saturated rings. The summed E-state index contributed by atoms with van der Waals surface area (Å²) in [5.74, 6) is -0.337. The third kappa shape index (κ3) is 5.57. The van der Waals surface area contributed by atoms with Gasteiger partial charge < -0.3 is 13.9 Å². The second-order valence-electron chi connectivity index (χ2n) is 6.70. The zero-order valence-electron chi connectivity index (χ0n) is 16.9. The number of ether oxygens (including phenoxy) is 2. The molecule has 0 saturated heterocycles. The zero-order chi connectivity index (χ0) is 22.2. The molecule has 0 aliphatic rings. The Hall–Kier alpha value is -4.46. The lowest BCUT2D eigenvalue weighted by Gasteiger charge is -2.07. The Bertz CT molecular complexity index is 1180. The number of amides is 1. The summed E-state index contributed by atoms with van der Waals surface area (Å²) in [5, 5.41) is 10.0. The zero-order valence-corrected chi connectivity index (χ0v) is 16.9. The lowest BCUT2D eigenvalue weighted by atomic mass is 10.2. The van der Waals surface area contributed by atoms with Gasteiger partial charge in [-0.2, -0.15) is 0 Å². The van der Waals surface area contributed by atoms with Crippen LogP contribution in [0.5, 0.6) is 5.75 Å². The van der Waals surface area contributed by atoms with E-state index in [0.717, 1.165) is 11.1 Å². The fourth-order valence-electron chi connectivity index (χ4n) is 2.77. The predicted octanol–water partition coefficient (Wildman–Crippen LogP) is 4.11. The number of esters is 1. The lowest BCUT2D eigenvalue weighted by molar-refractivity contribution is -0.119. The highest BCUT2D eigenvalue weighted by atomic mass is 16.5. The highest BCUT2D eigenvalue weighted by Gasteiger charge is 2.14. The Morgan fingerprint density at radius 2 is 1.53 bits per heavy atom. The number of hydrogen-bond donors (Lipinski definition) is 1. The van der Waals surface area contributed by atoms with Gasteiger partial charge in [0.15, 0.2) is 6.61 Å². The molecule has 0 radical (unpaired) electrons. The number of benzene rings is 3. The monoisotopic (exact) mass is 429 g/mol. The number of nitrogens with one attached hydrogen (secondary N) is 1. The van der Waals surface area contributed by atoms with Crippen LogP contribution < -0.4 is 10.1 Å². The number of rotatable bonds is 8. The van der Waals surface area contributed by atoms with Crippen LogP contribution in [0.3, 0.4) is 0 Å². The van der Waals surface area contributed by atoms with Crippen LogP contribution in [-0.4, -0.2) is 28.7 Å². The van der Waals surface area contributed by atoms with Crippen molar-refractivity contribution in [2.75, 3.05) is 11.9 Å². The third-order valence-corrected chi connectivity index (χ3v) is 4.36. The normalized spacial score (nSPS) is 10.4. The van der Waals surface area contributed by atoms with Gasteiger partial charge in [-0.1, -0.05) is 53.6 Å². The van der Waals surface area contributed by atoms with Crippen LogP contribution in [0.2, 0.25) is 0 Å². The Labute approximate surface area is 183 Å². The molecule has 0 unspecified atom stereocenters. The van der Waals surface area contributed by atoms with Gasteiger partial charge in [-0.05, 0) is 42.0 Å². The minimum Gasteiger partial charge on any atom is -0.489 e. The molecule has 160 valence electrons. The molecule has 0 saturated carbocycles. The molecule has 1 aromatic heterocycles. The van der Waals surface area contributed by atoms with E-state index in [4.69, 9.17) is 13.9 Å². The van der Waals surface area contributed by atoms with Gasteiger partial charge in [-0.25, -0.2) is 4.79 Å². The third-order valence-electron chi connectivity index (χ3n) is 4.36. The summed E-state index contributed by atoms with van der Waals surface area (Å²) in [5.41, 5.74) is 2.07. The summed E-state index contributed by atoms with van der Waals surface area (Å²) in [4.78, 5) is 24.2. The van der Waals surface area contributed by atoms with Crippen LogP contribution in [0.25, 0.3) is 11.5 Å².